The molecule has 0 atom stereocenters. The van der Waals surface area contributed by atoms with E-state index in [1.807, 2.05) is 44.4 Å². The Labute approximate surface area is 88.4 Å². The van der Waals surface area contributed by atoms with Gasteiger partial charge in [0.05, 0.1) is 5.69 Å². The Morgan fingerprint density at radius 1 is 1.33 bits per heavy atom. The second-order valence-electron chi connectivity index (χ2n) is 3.53. The second kappa shape index (κ2) is 3.69. The fraction of sp³-hybridized carbons (Fsp3) is 0.167. The van der Waals surface area contributed by atoms with Gasteiger partial charge in [-0.25, -0.2) is 4.98 Å². The molecule has 76 valence electrons. The van der Waals surface area contributed by atoms with Crippen LogP contribution in [0.1, 0.15) is 16.2 Å². The van der Waals surface area contributed by atoms with Gasteiger partial charge in [0.1, 0.15) is 0 Å². The van der Waals surface area contributed by atoms with Crippen LogP contribution in [0.25, 0.3) is 11.3 Å². The number of hydrogen-bond acceptors (Lipinski definition) is 2. The lowest BCUT2D eigenvalue weighted by Crippen LogP contribution is -1.92. The van der Waals surface area contributed by atoms with Gasteiger partial charge >= 0.3 is 0 Å². The van der Waals surface area contributed by atoms with E-state index in [9.17, 15) is 4.79 Å². The minimum Gasteiger partial charge on any atom is -0.331 e. The summed E-state index contributed by atoms with van der Waals surface area (Å²) in [6.45, 7) is 2.03. The number of carbonyl (C=O) groups is 1. The van der Waals surface area contributed by atoms with Gasteiger partial charge in [-0.2, -0.15) is 0 Å². The quantitative estimate of drug-likeness (QED) is 0.696. The molecule has 3 heteroatoms. The van der Waals surface area contributed by atoms with Crippen molar-refractivity contribution in [2.45, 2.75) is 6.92 Å². The largest absolute Gasteiger partial charge is 0.331 e. The standard InChI is InChI=1S/C12H12N2O/c1-9-5-3-4-6-10(9)11-7-14(2)12(8-15)13-11/h3-8H,1-2H3. The molecule has 0 saturated carbocycles. The first-order chi connectivity index (χ1) is 7.22. The Morgan fingerprint density at radius 2 is 2.07 bits per heavy atom. The summed E-state index contributed by atoms with van der Waals surface area (Å²) in [5, 5.41) is 0. The molecule has 3 nitrogen and oxygen atoms in total. The highest BCUT2D eigenvalue weighted by Gasteiger charge is 2.07. The first kappa shape index (κ1) is 9.65. The maximum absolute atomic E-state index is 10.7. The molecule has 2 aromatic rings. The first-order valence-electron chi connectivity index (χ1n) is 4.77. The number of benzene rings is 1. The molecule has 0 fully saturated rings. The molecule has 0 aliphatic rings. The Hall–Kier alpha value is -1.90. The van der Waals surface area contributed by atoms with Crippen LogP contribution in [0.3, 0.4) is 0 Å². The van der Waals surface area contributed by atoms with Crippen molar-refractivity contribution in [1.82, 2.24) is 9.55 Å². The average Bonchev–Trinajstić information content (AvgIpc) is 2.60. The van der Waals surface area contributed by atoms with Crippen LogP contribution in [0.2, 0.25) is 0 Å². The molecule has 0 spiro atoms. The van der Waals surface area contributed by atoms with Crippen molar-refractivity contribution in [2.75, 3.05) is 0 Å². The molecular formula is C12H12N2O. The highest BCUT2D eigenvalue weighted by atomic mass is 16.1. The summed E-state index contributed by atoms with van der Waals surface area (Å²) in [5.41, 5.74) is 3.08. The van der Waals surface area contributed by atoms with Crippen LogP contribution in [0.5, 0.6) is 0 Å². The Bertz CT molecular complexity index is 500. The maximum Gasteiger partial charge on any atom is 0.185 e. The number of rotatable bonds is 2. The van der Waals surface area contributed by atoms with Crippen LogP contribution >= 0.6 is 0 Å². The topological polar surface area (TPSA) is 34.9 Å². The summed E-state index contributed by atoms with van der Waals surface area (Å²) in [7, 11) is 1.82. The van der Waals surface area contributed by atoms with Gasteiger partial charge in [0.15, 0.2) is 12.1 Å². The summed E-state index contributed by atoms with van der Waals surface area (Å²) in [4.78, 5) is 14.9. The lowest BCUT2D eigenvalue weighted by atomic mass is 10.1. The van der Waals surface area contributed by atoms with Gasteiger partial charge in [-0.05, 0) is 12.5 Å². The van der Waals surface area contributed by atoms with Crippen molar-refractivity contribution in [3.05, 3.63) is 41.9 Å². The predicted octanol–water partition coefficient (Wildman–Crippen LogP) is 2.21. The van der Waals surface area contributed by atoms with Gasteiger partial charge in [-0.1, -0.05) is 24.3 Å². The molecule has 2 rings (SSSR count). The number of imidazole rings is 1. The molecule has 0 aliphatic carbocycles. The third-order valence-corrected chi connectivity index (χ3v) is 2.44. The molecule has 0 N–H and O–H groups in total. The minimum absolute atomic E-state index is 0.452. The van der Waals surface area contributed by atoms with E-state index in [-0.39, 0.29) is 0 Å². The Morgan fingerprint density at radius 3 is 2.67 bits per heavy atom. The molecule has 0 aliphatic heterocycles. The Balaban J connectivity index is 2.55. The third kappa shape index (κ3) is 1.68. The van der Waals surface area contributed by atoms with Crippen molar-refractivity contribution in [3.8, 4) is 11.3 Å². The SMILES string of the molecule is Cc1ccccc1-c1cn(C)c(C=O)n1. The zero-order valence-electron chi connectivity index (χ0n) is 8.77. The van der Waals surface area contributed by atoms with Gasteiger partial charge in [0.2, 0.25) is 0 Å². The van der Waals surface area contributed by atoms with E-state index in [2.05, 4.69) is 4.98 Å². The summed E-state index contributed by atoms with van der Waals surface area (Å²) in [5.74, 6) is 0.452. The van der Waals surface area contributed by atoms with Crippen LogP contribution in [0, 0.1) is 6.92 Å². The van der Waals surface area contributed by atoms with Crippen molar-refractivity contribution in [3.63, 3.8) is 0 Å². The summed E-state index contributed by atoms with van der Waals surface area (Å²) < 4.78 is 1.73. The van der Waals surface area contributed by atoms with E-state index in [0.29, 0.717) is 5.82 Å². The zero-order valence-corrected chi connectivity index (χ0v) is 8.77. The number of nitrogens with zero attached hydrogens (tertiary/aromatic N) is 2. The number of hydrogen-bond donors (Lipinski definition) is 0. The van der Waals surface area contributed by atoms with Gasteiger partial charge in [0.25, 0.3) is 0 Å². The van der Waals surface area contributed by atoms with Gasteiger partial charge in [-0.3, -0.25) is 4.79 Å². The third-order valence-electron chi connectivity index (χ3n) is 2.44. The van der Waals surface area contributed by atoms with E-state index >= 15 is 0 Å². The van der Waals surface area contributed by atoms with Crippen molar-refractivity contribution in [2.24, 2.45) is 7.05 Å². The van der Waals surface area contributed by atoms with Crippen LogP contribution < -0.4 is 0 Å². The average molecular weight is 200 g/mol. The van der Waals surface area contributed by atoms with Gasteiger partial charge < -0.3 is 4.57 Å². The summed E-state index contributed by atoms with van der Waals surface area (Å²) in [6, 6.07) is 8.00. The molecule has 0 saturated heterocycles. The van der Waals surface area contributed by atoms with E-state index in [1.165, 1.54) is 0 Å². The molecule has 1 heterocycles. The molecule has 0 bridgehead atoms. The van der Waals surface area contributed by atoms with Crippen LogP contribution in [0.15, 0.2) is 30.5 Å². The molecule has 15 heavy (non-hydrogen) atoms. The Kier molecular flexibility index (Phi) is 2.37. The molecule has 0 amide bonds. The van der Waals surface area contributed by atoms with E-state index in [4.69, 9.17) is 0 Å². The molecule has 0 radical (unpaired) electrons. The normalized spacial score (nSPS) is 10.3. The monoisotopic (exact) mass is 200 g/mol. The lowest BCUT2D eigenvalue weighted by molar-refractivity contribution is 0.111. The number of aldehydes is 1. The van der Waals surface area contributed by atoms with Crippen LogP contribution in [-0.4, -0.2) is 15.8 Å². The van der Waals surface area contributed by atoms with Crippen LogP contribution in [0.4, 0.5) is 0 Å². The molecule has 1 aromatic heterocycles. The van der Waals surface area contributed by atoms with E-state index < -0.39 is 0 Å². The maximum atomic E-state index is 10.7. The van der Waals surface area contributed by atoms with Crippen LogP contribution in [-0.2, 0) is 7.05 Å². The van der Waals surface area contributed by atoms with Crippen molar-refractivity contribution in [1.29, 1.82) is 0 Å². The summed E-state index contributed by atoms with van der Waals surface area (Å²) >= 11 is 0. The molecular weight excluding hydrogens is 188 g/mol. The molecule has 1 aromatic carbocycles. The lowest BCUT2D eigenvalue weighted by Gasteiger charge is -2.00. The zero-order chi connectivity index (χ0) is 10.8. The predicted molar refractivity (Wildman–Crippen MR) is 58.8 cm³/mol. The minimum atomic E-state index is 0.452. The fourth-order valence-corrected chi connectivity index (χ4v) is 1.58. The van der Waals surface area contributed by atoms with Crippen molar-refractivity contribution >= 4 is 6.29 Å². The molecule has 0 unspecified atom stereocenters. The van der Waals surface area contributed by atoms with Gasteiger partial charge in [-0.15, -0.1) is 0 Å². The smallest absolute Gasteiger partial charge is 0.185 e. The van der Waals surface area contributed by atoms with E-state index in [1.54, 1.807) is 4.57 Å². The first-order valence-corrected chi connectivity index (χ1v) is 4.77. The highest BCUT2D eigenvalue weighted by molar-refractivity contribution is 5.73. The number of aromatic nitrogens is 2. The second-order valence-corrected chi connectivity index (χ2v) is 3.53. The summed E-state index contributed by atoms with van der Waals surface area (Å²) in [6.07, 6.45) is 2.63. The number of carbonyl (C=O) groups excluding carboxylic acids is 1. The highest BCUT2D eigenvalue weighted by Crippen LogP contribution is 2.21. The van der Waals surface area contributed by atoms with E-state index in [0.717, 1.165) is 23.1 Å². The van der Waals surface area contributed by atoms with Gasteiger partial charge in [0, 0.05) is 18.8 Å². The fourth-order valence-electron chi connectivity index (χ4n) is 1.58. The number of aryl methyl sites for hydroxylation is 2. The van der Waals surface area contributed by atoms with Crippen molar-refractivity contribution < 1.29 is 4.79 Å².